The van der Waals surface area contributed by atoms with E-state index in [1.54, 1.807) is 12.3 Å². The number of nitrogens with zero attached hydrogens (tertiary/aromatic N) is 1. The number of H-pyrrole nitrogens is 1. The van der Waals surface area contributed by atoms with Crippen LogP contribution in [-0.2, 0) is 0 Å². The minimum absolute atomic E-state index is 1.03. The van der Waals surface area contributed by atoms with E-state index in [0.29, 0.717) is 0 Å². The normalized spacial score (nSPS) is 7.60. The van der Waals surface area contributed by atoms with Crippen LogP contribution in [0.25, 0.3) is 12.2 Å². The number of rotatable bonds is 2. The van der Waals surface area contributed by atoms with Crippen molar-refractivity contribution >= 4 is 12.2 Å². The quantitative estimate of drug-likeness (QED) is 0.760. The standard InChI is InChI=1S/C9H12N2.2C2H6/c1-4-8-6-10-11-9(8)5-7(2)3;2*1-2/h4-6H,1H2,2-3H3,(H,10,11);2*1-2H3. The highest BCUT2D eigenvalue weighted by Crippen LogP contribution is 2.09. The first kappa shape index (κ1) is 16.1. The smallest absolute Gasteiger partial charge is 0.0649 e. The Morgan fingerprint density at radius 3 is 2.20 bits per heavy atom. The number of hydrogen-bond donors (Lipinski definition) is 1. The lowest BCUT2D eigenvalue weighted by Gasteiger charge is -1.90. The Labute approximate surface area is 94.1 Å². The molecule has 0 aliphatic heterocycles. The first-order valence-electron chi connectivity index (χ1n) is 5.54. The van der Waals surface area contributed by atoms with Gasteiger partial charge in [-0.3, -0.25) is 5.10 Å². The first-order valence-corrected chi connectivity index (χ1v) is 5.54. The van der Waals surface area contributed by atoms with E-state index in [9.17, 15) is 0 Å². The molecule has 1 rings (SSSR count). The van der Waals surface area contributed by atoms with Gasteiger partial charge in [-0.1, -0.05) is 45.9 Å². The number of hydrogen-bond acceptors (Lipinski definition) is 1. The zero-order valence-corrected chi connectivity index (χ0v) is 10.9. The molecule has 15 heavy (non-hydrogen) atoms. The molecule has 1 aromatic heterocycles. The van der Waals surface area contributed by atoms with Gasteiger partial charge in [0.1, 0.15) is 0 Å². The fraction of sp³-hybridized carbons (Fsp3) is 0.462. The van der Waals surface area contributed by atoms with Crippen molar-refractivity contribution in [3.8, 4) is 0 Å². The summed E-state index contributed by atoms with van der Waals surface area (Å²) < 4.78 is 0. The molecular weight excluding hydrogens is 184 g/mol. The Bertz CT molecular complexity index is 278. The molecule has 1 heterocycles. The molecule has 0 atom stereocenters. The van der Waals surface area contributed by atoms with Gasteiger partial charge in [0.15, 0.2) is 0 Å². The van der Waals surface area contributed by atoms with Crippen molar-refractivity contribution in [3.63, 3.8) is 0 Å². The van der Waals surface area contributed by atoms with Gasteiger partial charge in [0.25, 0.3) is 0 Å². The van der Waals surface area contributed by atoms with Gasteiger partial charge in [0, 0.05) is 5.56 Å². The van der Waals surface area contributed by atoms with Crippen molar-refractivity contribution in [3.05, 3.63) is 29.6 Å². The fourth-order valence-electron chi connectivity index (χ4n) is 0.872. The second kappa shape index (κ2) is 10.8. The number of nitrogens with one attached hydrogen (secondary N) is 1. The highest BCUT2D eigenvalue weighted by Gasteiger charge is 1.95. The molecule has 2 nitrogen and oxygen atoms in total. The summed E-state index contributed by atoms with van der Waals surface area (Å²) in [6, 6.07) is 0. The summed E-state index contributed by atoms with van der Waals surface area (Å²) in [6.45, 7) is 15.8. The predicted octanol–water partition coefficient (Wildman–Crippen LogP) is 4.53. The molecule has 1 aromatic rings. The van der Waals surface area contributed by atoms with Crippen molar-refractivity contribution in [1.29, 1.82) is 0 Å². The van der Waals surface area contributed by atoms with Gasteiger partial charge in [-0.2, -0.15) is 5.10 Å². The maximum absolute atomic E-state index is 3.91. The van der Waals surface area contributed by atoms with Crippen LogP contribution in [0.5, 0.6) is 0 Å². The molecule has 0 amide bonds. The Hall–Kier alpha value is -1.31. The van der Waals surface area contributed by atoms with E-state index >= 15 is 0 Å². The largest absolute Gasteiger partial charge is 0.278 e. The number of allylic oxidation sites excluding steroid dienone is 1. The van der Waals surface area contributed by atoms with Crippen LogP contribution in [0.4, 0.5) is 0 Å². The van der Waals surface area contributed by atoms with Crippen molar-refractivity contribution in [2.75, 3.05) is 0 Å². The molecule has 1 N–H and O–H groups in total. The van der Waals surface area contributed by atoms with Crippen molar-refractivity contribution in [2.45, 2.75) is 41.5 Å². The Balaban J connectivity index is 0. The van der Waals surface area contributed by atoms with Crippen LogP contribution in [0, 0.1) is 0 Å². The monoisotopic (exact) mass is 208 g/mol. The second-order valence-electron chi connectivity index (χ2n) is 2.66. The third-order valence-electron chi connectivity index (χ3n) is 1.35. The van der Waals surface area contributed by atoms with Gasteiger partial charge in [-0.15, -0.1) is 0 Å². The molecule has 0 aliphatic carbocycles. The molecule has 0 unspecified atom stereocenters. The molecule has 0 aromatic carbocycles. The fourth-order valence-corrected chi connectivity index (χ4v) is 0.872. The highest BCUT2D eigenvalue weighted by atomic mass is 15.1. The van der Waals surface area contributed by atoms with E-state index in [1.807, 2.05) is 47.6 Å². The minimum Gasteiger partial charge on any atom is -0.278 e. The third-order valence-corrected chi connectivity index (χ3v) is 1.35. The van der Waals surface area contributed by atoms with E-state index in [-0.39, 0.29) is 0 Å². The van der Waals surface area contributed by atoms with E-state index in [1.165, 1.54) is 5.57 Å². The summed E-state index contributed by atoms with van der Waals surface area (Å²) in [7, 11) is 0. The van der Waals surface area contributed by atoms with E-state index in [2.05, 4.69) is 16.8 Å². The molecule has 0 bridgehead atoms. The maximum Gasteiger partial charge on any atom is 0.0649 e. The summed E-state index contributed by atoms with van der Waals surface area (Å²) >= 11 is 0. The average Bonchev–Trinajstić information content (AvgIpc) is 2.70. The van der Waals surface area contributed by atoms with Gasteiger partial charge in [0.2, 0.25) is 0 Å². The minimum atomic E-state index is 1.03. The van der Waals surface area contributed by atoms with Crippen LogP contribution in [0.1, 0.15) is 52.8 Å². The zero-order valence-electron chi connectivity index (χ0n) is 10.9. The summed E-state index contributed by atoms with van der Waals surface area (Å²) in [5.41, 5.74) is 3.32. The second-order valence-corrected chi connectivity index (χ2v) is 2.66. The lowest BCUT2D eigenvalue weighted by atomic mass is 10.2. The molecule has 0 fully saturated rings. The van der Waals surface area contributed by atoms with E-state index in [0.717, 1.165) is 11.3 Å². The SMILES string of the molecule is C=Cc1cn[nH]c1C=C(C)C.CC.CC. The third kappa shape index (κ3) is 6.72. The molecule has 86 valence electrons. The van der Waals surface area contributed by atoms with Gasteiger partial charge >= 0.3 is 0 Å². The first-order chi connectivity index (χ1) is 7.24. The van der Waals surface area contributed by atoms with Crippen LogP contribution < -0.4 is 0 Å². The zero-order chi connectivity index (χ0) is 12.3. The summed E-state index contributed by atoms with van der Waals surface area (Å²) in [5.74, 6) is 0. The highest BCUT2D eigenvalue weighted by molar-refractivity contribution is 5.61. The molecule has 0 saturated carbocycles. The van der Waals surface area contributed by atoms with Gasteiger partial charge in [-0.25, -0.2) is 0 Å². The molecular formula is C13H24N2. The van der Waals surface area contributed by atoms with Crippen molar-refractivity contribution < 1.29 is 0 Å². The Morgan fingerprint density at radius 1 is 1.27 bits per heavy atom. The van der Waals surface area contributed by atoms with Crippen LogP contribution >= 0.6 is 0 Å². The van der Waals surface area contributed by atoms with Crippen LogP contribution in [0.3, 0.4) is 0 Å². The molecule has 0 saturated heterocycles. The molecule has 2 heteroatoms. The van der Waals surface area contributed by atoms with Gasteiger partial charge in [0.05, 0.1) is 11.9 Å². The summed E-state index contributed by atoms with van der Waals surface area (Å²) in [5, 5.41) is 6.80. The van der Waals surface area contributed by atoms with E-state index in [4.69, 9.17) is 0 Å². The van der Waals surface area contributed by atoms with E-state index < -0.39 is 0 Å². The van der Waals surface area contributed by atoms with Gasteiger partial charge in [-0.05, 0) is 19.9 Å². The molecule has 0 aliphatic rings. The van der Waals surface area contributed by atoms with Crippen LogP contribution in [0.2, 0.25) is 0 Å². The number of aromatic nitrogens is 2. The summed E-state index contributed by atoms with van der Waals surface area (Å²) in [6.07, 6.45) is 5.60. The molecule has 0 radical (unpaired) electrons. The summed E-state index contributed by atoms with van der Waals surface area (Å²) in [4.78, 5) is 0. The maximum atomic E-state index is 3.91. The lowest BCUT2D eigenvalue weighted by Crippen LogP contribution is -1.76. The average molecular weight is 208 g/mol. The lowest BCUT2D eigenvalue weighted by molar-refractivity contribution is 1.08. The number of aromatic amines is 1. The predicted molar refractivity (Wildman–Crippen MR) is 70.7 cm³/mol. The van der Waals surface area contributed by atoms with Crippen LogP contribution in [-0.4, -0.2) is 10.2 Å². The van der Waals surface area contributed by atoms with Crippen molar-refractivity contribution in [1.82, 2.24) is 10.2 Å². The molecule has 0 spiro atoms. The Kier molecular flexibility index (Phi) is 11.6. The van der Waals surface area contributed by atoms with Gasteiger partial charge < -0.3 is 0 Å². The Morgan fingerprint density at radius 2 is 1.80 bits per heavy atom. The van der Waals surface area contributed by atoms with Crippen molar-refractivity contribution in [2.24, 2.45) is 0 Å². The van der Waals surface area contributed by atoms with Crippen LogP contribution in [0.15, 0.2) is 18.3 Å². The topological polar surface area (TPSA) is 28.7 Å².